The molecule has 176 valence electrons. The summed E-state index contributed by atoms with van der Waals surface area (Å²) in [5.74, 6) is 0.435. The summed E-state index contributed by atoms with van der Waals surface area (Å²) in [7, 11) is 0. The number of amides is 1. The lowest BCUT2D eigenvalue weighted by molar-refractivity contribution is -0.384. The lowest BCUT2D eigenvalue weighted by atomic mass is 10.0. The maximum absolute atomic E-state index is 13.6. The first-order chi connectivity index (χ1) is 16.5. The summed E-state index contributed by atoms with van der Waals surface area (Å²) in [5, 5.41) is 14.5. The molecule has 0 radical (unpaired) electrons. The second-order valence-electron chi connectivity index (χ2n) is 8.31. The number of nitro benzene ring substituents is 1. The van der Waals surface area contributed by atoms with Gasteiger partial charge in [-0.15, -0.1) is 0 Å². The summed E-state index contributed by atoms with van der Waals surface area (Å²) in [4.78, 5) is 26.0. The number of nitrogens with two attached hydrogens (primary N) is 1. The molecule has 0 spiro atoms. The Labute approximate surface area is 198 Å². The number of hydrogen-bond acceptors (Lipinski definition) is 6. The molecule has 34 heavy (non-hydrogen) atoms. The molecular weight excluding hydrogens is 432 g/mol. The summed E-state index contributed by atoms with van der Waals surface area (Å²) in [6.45, 7) is 3.59. The van der Waals surface area contributed by atoms with Gasteiger partial charge in [-0.3, -0.25) is 14.9 Å². The van der Waals surface area contributed by atoms with Gasteiger partial charge < -0.3 is 20.7 Å². The quantitative estimate of drug-likeness (QED) is 0.297. The number of carbonyl (C=O) groups is 1. The SMILES string of the molecule is C[C@H]1CCN(C(=O)c2ccc(-c3ccc([N+](=O)[O-])cc3)c(OCCCN)c2)c2ccccc2N1. The van der Waals surface area contributed by atoms with Gasteiger partial charge in [0.25, 0.3) is 11.6 Å². The third kappa shape index (κ3) is 5.02. The van der Waals surface area contributed by atoms with Crippen molar-refractivity contribution in [1.82, 2.24) is 0 Å². The maximum Gasteiger partial charge on any atom is 0.269 e. The van der Waals surface area contributed by atoms with Crippen LogP contribution >= 0.6 is 0 Å². The van der Waals surface area contributed by atoms with Gasteiger partial charge in [0.15, 0.2) is 0 Å². The number of ether oxygens (including phenoxy) is 1. The highest BCUT2D eigenvalue weighted by atomic mass is 16.6. The van der Waals surface area contributed by atoms with Crippen molar-refractivity contribution in [2.24, 2.45) is 5.73 Å². The minimum absolute atomic E-state index is 0.0174. The molecule has 1 heterocycles. The predicted molar refractivity (Wildman–Crippen MR) is 134 cm³/mol. The first-order valence-corrected chi connectivity index (χ1v) is 11.4. The van der Waals surface area contributed by atoms with E-state index >= 15 is 0 Å². The number of rotatable bonds is 7. The van der Waals surface area contributed by atoms with Gasteiger partial charge in [0.05, 0.1) is 22.9 Å². The van der Waals surface area contributed by atoms with E-state index in [-0.39, 0.29) is 17.6 Å². The van der Waals surface area contributed by atoms with Crippen molar-refractivity contribution in [2.45, 2.75) is 25.8 Å². The van der Waals surface area contributed by atoms with Crippen LogP contribution in [0.3, 0.4) is 0 Å². The molecule has 3 aromatic carbocycles. The maximum atomic E-state index is 13.6. The van der Waals surface area contributed by atoms with Crippen LogP contribution < -0.4 is 20.7 Å². The summed E-state index contributed by atoms with van der Waals surface area (Å²) < 4.78 is 6.00. The third-order valence-electron chi connectivity index (χ3n) is 5.85. The van der Waals surface area contributed by atoms with Gasteiger partial charge in [0.2, 0.25) is 0 Å². The number of carbonyl (C=O) groups excluding carboxylic acids is 1. The van der Waals surface area contributed by atoms with Crippen molar-refractivity contribution in [2.75, 3.05) is 29.9 Å². The molecule has 8 heteroatoms. The van der Waals surface area contributed by atoms with E-state index < -0.39 is 4.92 Å². The largest absolute Gasteiger partial charge is 0.493 e. The van der Waals surface area contributed by atoms with Crippen LogP contribution in [0.5, 0.6) is 5.75 Å². The number of benzene rings is 3. The highest BCUT2D eigenvalue weighted by Gasteiger charge is 2.25. The second kappa shape index (κ2) is 10.4. The predicted octanol–water partition coefficient (Wildman–Crippen LogP) is 4.84. The summed E-state index contributed by atoms with van der Waals surface area (Å²) >= 11 is 0. The summed E-state index contributed by atoms with van der Waals surface area (Å²) in [6.07, 6.45) is 1.49. The first-order valence-electron chi connectivity index (χ1n) is 11.4. The zero-order valence-electron chi connectivity index (χ0n) is 19.1. The average molecular weight is 461 g/mol. The van der Waals surface area contributed by atoms with Crippen LogP contribution in [0.15, 0.2) is 66.7 Å². The lowest BCUT2D eigenvalue weighted by Gasteiger charge is -2.23. The molecule has 0 aliphatic carbocycles. The minimum Gasteiger partial charge on any atom is -0.493 e. The normalized spacial score (nSPS) is 15.1. The van der Waals surface area contributed by atoms with Crippen molar-refractivity contribution in [3.8, 4) is 16.9 Å². The van der Waals surface area contributed by atoms with Crippen LogP contribution in [-0.2, 0) is 0 Å². The van der Waals surface area contributed by atoms with Crippen LogP contribution in [0.1, 0.15) is 30.1 Å². The van der Waals surface area contributed by atoms with Crippen molar-refractivity contribution in [3.05, 3.63) is 82.4 Å². The van der Waals surface area contributed by atoms with Gasteiger partial charge >= 0.3 is 0 Å². The second-order valence-corrected chi connectivity index (χ2v) is 8.31. The highest BCUT2D eigenvalue weighted by molar-refractivity contribution is 6.08. The van der Waals surface area contributed by atoms with E-state index in [0.717, 1.165) is 28.9 Å². The number of fused-ring (bicyclic) bond motifs is 1. The Morgan fingerprint density at radius 1 is 1.18 bits per heavy atom. The van der Waals surface area contributed by atoms with Crippen LogP contribution in [0.25, 0.3) is 11.1 Å². The molecule has 0 aromatic heterocycles. The van der Waals surface area contributed by atoms with Crippen molar-refractivity contribution < 1.29 is 14.5 Å². The Morgan fingerprint density at radius 2 is 1.94 bits per heavy atom. The molecule has 0 saturated carbocycles. The number of non-ortho nitro benzene ring substituents is 1. The fourth-order valence-corrected chi connectivity index (χ4v) is 4.02. The average Bonchev–Trinajstić information content (AvgIpc) is 3.02. The molecule has 0 fully saturated rings. The molecule has 1 amide bonds. The molecule has 0 unspecified atom stereocenters. The molecule has 1 aliphatic rings. The number of para-hydroxylation sites is 2. The van der Waals surface area contributed by atoms with Crippen LogP contribution in [0.2, 0.25) is 0 Å². The van der Waals surface area contributed by atoms with Gasteiger partial charge in [-0.05, 0) is 74.3 Å². The monoisotopic (exact) mass is 460 g/mol. The van der Waals surface area contributed by atoms with Crippen molar-refractivity contribution >= 4 is 23.0 Å². The van der Waals surface area contributed by atoms with Crippen molar-refractivity contribution in [3.63, 3.8) is 0 Å². The molecule has 4 rings (SSSR count). The van der Waals surface area contributed by atoms with Gasteiger partial charge in [-0.25, -0.2) is 0 Å². The zero-order valence-corrected chi connectivity index (χ0v) is 19.1. The molecule has 1 aliphatic heterocycles. The number of hydrogen-bond donors (Lipinski definition) is 2. The van der Waals surface area contributed by atoms with E-state index in [1.165, 1.54) is 12.1 Å². The molecule has 8 nitrogen and oxygen atoms in total. The smallest absolute Gasteiger partial charge is 0.269 e. The fourth-order valence-electron chi connectivity index (χ4n) is 4.02. The summed E-state index contributed by atoms with van der Waals surface area (Å²) in [5.41, 5.74) is 9.46. The van der Waals surface area contributed by atoms with Gasteiger partial charge in [0, 0.05) is 35.8 Å². The minimum atomic E-state index is -0.432. The zero-order chi connectivity index (χ0) is 24.1. The standard InChI is InChI=1S/C26H28N4O4/c1-18-13-15-29(24-6-3-2-5-23(24)28-18)26(31)20-9-12-22(25(17-20)34-16-4-14-27)19-7-10-21(11-8-19)30(32)33/h2-3,5-12,17-18,28H,4,13-16,27H2,1H3/t18-/m0/s1. The molecule has 1 atom stereocenters. The van der Waals surface area contributed by atoms with Gasteiger partial charge in [-0.2, -0.15) is 0 Å². The van der Waals surface area contributed by atoms with E-state index in [1.54, 1.807) is 29.2 Å². The lowest BCUT2D eigenvalue weighted by Crippen LogP contribution is -2.32. The molecule has 0 saturated heterocycles. The third-order valence-corrected chi connectivity index (χ3v) is 5.85. The van der Waals surface area contributed by atoms with Crippen LogP contribution in [0.4, 0.5) is 17.1 Å². The van der Waals surface area contributed by atoms with E-state index in [4.69, 9.17) is 10.5 Å². The Hall–Kier alpha value is -3.91. The number of nitro groups is 1. The highest BCUT2D eigenvalue weighted by Crippen LogP contribution is 2.35. The number of anilines is 2. The molecular formula is C26H28N4O4. The number of nitrogens with zero attached hydrogens (tertiary/aromatic N) is 2. The Morgan fingerprint density at radius 3 is 2.68 bits per heavy atom. The van der Waals surface area contributed by atoms with Crippen LogP contribution in [0, 0.1) is 10.1 Å². The summed E-state index contributed by atoms with van der Waals surface area (Å²) in [6, 6.07) is 19.7. The topological polar surface area (TPSA) is 111 Å². The first kappa shape index (κ1) is 23.3. The Kier molecular flexibility index (Phi) is 7.08. The molecule has 3 N–H and O–H groups in total. The fraction of sp³-hybridized carbons (Fsp3) is 0.269. The Bertz CT molecular complexity index is 1180. The van der Waals surface area contributed by atoms with E-state index in [9.17, 15) is 14.9 Å². The number of nitrogens with one attached hydrogen (secondary N) is 1. The Balaban J connectivity index is 1.69. The molecule has 0 bridgehead atoms. The van der Waals surface area contributed by atoms with E-state index in [1.807, 2.05) is 30.3 Å². The van der Waals surface area contributed by atoms with Crippen LogP contribution in [-0.4, -0.2) is 36.6 Å². The van der Waals surface area contributed by atoms with Gasteiger partial charge in [-0.1, -0.05) is 12.1 Å². The van der Waals surface area contributed by atoms with Crippen molar-refractivity contribution in [1.29, 1.82) is 0 Å². The van der Waals surface area contributed by atoms with E-state index in [2.05, 4.69) is 12.2 Å². The van der Waals surface area contributed by atoms with E-state index in [0.29, 0.717) is 37.4 Å². The molecule has 3 aromatic rings. The van der Waals surface area contributed by atoms with Gasteiger partial charge in [0.1, 0.15) is 5.75 Å².